The molecule has 0 radical (unpaired) electrons. The number of benzene rings is 1. The quantitative estimate of drug-likeness (QED) is 0.762. The number of carbonyl (C=O) groups is 1. The lowest BCUT2D eigenvalue weighted by molar-refractivity contribution is -0.129. The molecule has 0 aromatic heterocycles. The molecule has 0 bridgehead atoms. The van der Waals surface area contributed by atoms with Crippen molar-refractivity contribution in [1.29, 1.82) is 0 Å². The lowest BCUT2D eigenvalue weighted by atomic mass is 9.95. The summed E-state index contributed by atoms with van der Waals surface area (Å²) in [6, 6.07) is 8.27. The van der Waals surface area contributed by atoms with Crippen LogP contribution in [0.4, 0.5) is 0 Å². The third kappa shape index (κ3) is 4.36. The normalized spacial score (nSPS) is 17.1. The van der Waals surface area contributed by atoms with E-state index in [0.29, 0.717) is 5.92 Å². The van der Waals surface area contributed by atoms with Crippen molar-refractivity contribution in [1.82, 2.24) is 4.90 Å². The number of carbonyl (C=O) groups excluding carboxylic acids is 1. The summed E-state index contributed by atoms with van der Waals surface area (Å²) in [5.74, 6) is 0.708. The van der Waals surface area contributed by atoms with E-state index in [1.165, 1.54) is 5.56 Å². The summed E-state index contributed by atoms with van der Waals surface area (Å²) >= 11 is 8.99. The van der Waals surface area contributed by atoms with Crippen LogP contribution >= 0.6 is 27.5 Å². The van der Waals surface area contributed by atoms with Gasteiger partial charge in [0.2, 0.25) is 5.91 Å². The van der Waals surface area contributed by atoms with Crippen molar-refractivity contribution < 1.29 is 4.79 Å². The summed E-state index contributed by atoms with van der Waals surface area (Å²) in [6.45, 7) is 1.64. The Morgan fingerprint density at radius 2 is 1.95 bits per heavy atom. The summed E-state index contributed by atoms with van der Waals surface area (Å²) in [5.41, 5.74) is 1.21. The molecule has 0 spiro atoms. The predicted molar refractivity (Wildman–Crippen MR) is 83.2 cm³/mol. The Morgan fingerprint density at radius 3 is 2.53 bits per heavy atom. The summed E-state index contributed by atoms with van der Waals surface area (Å²) in [7, 11) is 0. The molecule has 0 N–H and O–H groups in total. The van der Waals surface area contributed by atoms with Gasteiger partial charge in [-0.15, -0.1) is 11.6 Å². The highest BCUT2D eigenvalue weighted by Gasteiger charge is 2.20. The minimum absolute atomic E-state index is 0.0528. The molecule has 4 heteroatoms. The van der Waals surface area contributed by atoms with Crippen LogP contribution in [0.3, 0.4) is 0 Å². The Labute approximate surface area is 127 Å². The smallest absolute Gasteiger partial charge is 0.237 e. The summed E-state index contributed by atoms with van der Waals surface area (Å²) in [6.07, 6.45) is 6.47. The average molecular weight is 343 g/mol. The Morgan fingerprint density at radius 1 is 1.32 bits per heavy atom. The second kappa shape index (κ2) is 7.11. The minimum atomic E-state index is 0.0528. The van der Waals surface area contributed by atoms with Crippen LogP contribution in [0.2, 0.25) is 0 Å². The van der Waals surface area contributed by atoms with Crippen molar-refractivity contribution in [3.05, 3.63) is 40.4 Å². The molecular formula is C15H17BrClNO. The highest BCUT2D eigenvalue weighted by Crippen LogP contribution is 2.20. The van der Waals surface area contributed by atoms with Crippen molar-refractivity contribution in [3.8, 4) is 0 Å². The molecule has 1 saturated heterocycles. The van der Waals surface area contributed by atoms with Gasteiger partial charge in [0.25, 0.3) is 0 Å². The van der Waals surface area contributed by atoms with E-state index in [9.17, 15) is 4.79 Å². The van der Waals surface area contributed by atoms with Gasteiger partial charge in [-0.2, -0.15) is 0 Å². The first-order valence-electron chi connectivity index (χ1n) is 6.46. The van der Waals surface area contributed by atoms with Gasteiger partial charge in [-0.05, 0) is 36.5 Å². The van der Waals surface area contributed by atoms with E-state index < -0.39 is 0 Å². The van der Waals surface area contributed by atoms with Crippen LogP contribution in [0.25, 0.3) is 6.08 Å². The number of likely N-dealkylation sites (tertiary alicyclic amines) is 1. The topological polar surface area (TPSA) is 20.3 Å². The van der Waals surface area contributed by atoms with Crippen LogP contribution in [0.5, 0.6) is 0 Å². The first-order valence-corrected chi connectivity index (χ1v) is 7.79. The van der Waals surface area contributed by atoms with Gasteiger partial charge in [0.15, 0.2) is 0 Å². The van der Waals surface area contributed by atoms with E-state index in [1.54, 1.807) is 0 Å². The number of hydrogen-bond donors (Lipinski definition) is 0. The third-order valence-electron chi connectivity index (χ3n) is 3.44. The van der Waals surface area contributed by atoms with E-state index in [0.717, 1.165) is 30.4 Å². The van der Waals surface area contributed by atoms with Crippen LogP contribution in [0, 0.1) is 5.92 Å². The predicted octanol–water partition coefficient (Wildman–Crippen LogP) is 3.94. The maximum Gasteiger partial charge on any atom is 0.237 e. The fourth-order valence-electron chi connectivity index (χ4n) is 2.25. The van der Waals surface area contributed by atoms with Gasteiger partial charge in [0.1, 0.15) is 5.88 Å². The Hall–Kier alpha value is -0.800. The minimum Gasteiger partial charge on any atom is -0.342 e. The molecule has 0 atom stereocenters. The fraction of sp³-hybridized carbons (Fsp3) is 0.400. The van der Waals surface area contributed by atoms with Crippen LogP contribution in [0.15, 0.2) is 34.8 Å². The Bertz CT molecular complexity index is 450. The molecule has 2 nitrogen and oxygen atoms in total. The van der Waals surface area contributed by atoms with Gasteiger partial charge in [0, 0.05) is 17.6 Å². The monoisotopic (exact) mass is 341 g/mol. The van der Waals surface area contributed by atoms with E-state index >= 15 is 0 Å². The molecule has 1 aromatic rings. The molecule has 1 aliphatic rings. The fourth-order valence-corrected chi connectivity index (χ4v) is 2.68. The second-order valence-electron chi connectivity index (χ2n) is 4.76. The van der Waals surface area contributed by atoms with Gasteiger partial charge in [-0.25, -0.2) is 0 Å². The Kier molecular flexibility index (Phi) is 5.46. The van der Waals surface area contributed by atoms with Gasteiger partial charge >= 0.3 is 0 Å². The first kappa shape index (κ1) is 14.6. The molecule has 1 aromatic carbocycles. The molecule has 1 aliphatic heterocycles. The summed E-state index contributed by atoms with van der Waals surface area (Å²) < 4.78 is 1.09. The third-order valence-corrected chi connectivity index (χ3v) is 4.19. The van der Waals surface area contributed by atoms with E-state index in [-0.39, 0.29) is 11.8 Å². The number of halogens is 2. The van der Waals surface area contributed by atoms with Crippen LogP contribution in [-0.4, -0.2) is 29.8 Å². The standard InChI is InChI=1S/C15H17BrClNO/c16-14-5-3-12(4-6-14)1-2-13-7-9-18(10-8-13)15(19)11-17/h1-6,13H,7-11H2. The van der Waals surface area contributed by atoms with Gasteiger partial charge < -0.3 is 4.90 Å². The maximum atomic E-state index is 11.5. The molecule has 2 rings (SSSR count). The number of rotatable bonds is 3. The van der Waals surface area contributed by atoms with Crippen molar-refractivity contribution in [2.45, 2.75) is 12.8 Å². The van der Waals surface area contributed by atoms with Crippen molar-refractivity contribution in [2.75, 3.05) is 19.0 Å². The molecule has 1 amide bonds. The van der Waals surface area contributed by atoms with Gasteiger partial charge in [-0.3, -0.25) is 4.79 Å². The molecular weight excluding hydrogens is 326 g/mol. The van der Waals surface area contributed by atoms with Crippen LogP contribution in [0.1, 0.15) is 18.4 Å². The largest absolute Gasteiger partial charge is 0.342 e. The zero-order valence-electron chi connectivity index (χ0n) is 10.7. The van der Waals surface area contributed by atoms with Crippen LogP contribution < -0.4 is 0 Å². The van der Waals surface area contributed by atoms with Crippen molar-refractivity contribution in [2.24, 2.45) is 5.92 Å². The molecule has 0 aliphatic carbocycles. The summed E-state index contributed by atoms with van der Waals surface area (Å²) in [4.78, 5) is 13.3. The molecule has 19 heavy (non-hydrogen) atoms. The van der Waals surface area contributed by atoms with Gasteiger partial charge in [-0.1, -0.05) is 40.2 Å². The molecule has 102 valence electrons. The van der Waals surface area contributed by atoms with Crippen molar-refractivity contribution in [3.63, 3.8) is 0 Å². The van der Waals surface area contributed by atoms with E-state index in [1.807, 2.05) is 17.0 Å². The van der Waals surface area contributed by atoms with Gasteiger partial charge in [0.05, 0.1) is 0 Å². The molecule has 1 fully saturated rings. The highest BCUT2D eigenvalue weighted by molar-refractivity contribution is 9.10. The maximum absolute atomic E-state index is 11.5. The highest BCUT2D eigenvalue weighted by atomic mass is 79.9. The number of alkyl halides is 1. The number of hydrogen-bond acceptors (Lipinski definition) is 1. The van der Waals surface area contributed by atoms with E-state index in [2.05, 4.69) is 40.2 Å². The first-order chi connectivity index (χ1) is 9.19. The number of allylic oxidation sites excluding steroid dienone is 1. The van der Waals surface area contributed by atoms with Crippen LogP contribution in [-0.2, 0) is 4.79 Å². The molecule has 0 unspecified atom stereocenters. The molecule has 0 saturated carbocycles. The number of nitrogens with zero attached hydrogens (tertiary/aromatic N) is 1. The molecule has 1 heterocycles. The number of piperidine rings is 1. The van der Waals surface area contributed by atoms with Crippen molar-refractivity contribution >= 4 is 39.5 Å². The van der Waals surface area contributed by atoms with E-state index in [4.69, 9.17) is 11.6 Å². The lowest BCUT2D eigenvalue weighted by Crippen LogP contribution is -2.38. The zero-order chi connectivity index (χ0) is 13.7. The summed E-state index contributed by atoms with van der Waals surface area (Å²) in [5, 5.41) is 0. The SMILES string of the molecule is O=C(CCl)N1CCC(C=Cc2ccc(Br)cc2)CC1. The lowest BCUT2D eigenvalue weighted by Gasteiger charge is -2.30. The zero-order valence-corrected chi connectivity index (χ0v) is 13.0. The second-order valence-corrected chi connectivity index (χ2v) is 5.95. The average Bonchev–Trinajstić information content (AvgIpc) is 2.46. The number of amides is 1. The Balaban J connectivity index is 1.85.